The molecule has 5 nitrogen and oxygen atoms in total. The maximum Gasteiger partial charge on any atom is 0.319 e. The Morgan fingerprint density at radius 1 is 1.08 bits per heavy atom. The summed E-state index contributed by atoms with van der Waals surface area (Å²) in [7, 11) is 0. The van der Waals surface area contributed by atoms with Gasteiger partial charge in [-0.1, -0.05) is 42.0 Å². The van der Waals surface area contributed by atoms with Gasteiger partial charge in [0.15, 0.2) is 0 Å². The van der Waals surface area contributed by atoms with Crippen molar-refractivity contribution >= 4 is 5.97 Å². The van der Waals surface area contributed by atoms with E-state index in [4.69, 9.17) is 9.15 Å². The third-order valence-electron chi connectivity index (χ3n) is 3.96. The second-order valence-electron chi connectivity index (χ2n) is 6.01. The standard InChI is InChI=1S/C21H22N2O3/c1-3-25-20(24)13-22-12-16-6-10-17(11-7-16)19-14-26-21(23-19)18-8-4-15(2)5-9-18/h4-11,14,22H,3,12-13H2,1-2H3. The lowest BCUT2D eigenvalue weighted by atomic mass is 10.1. The summed E-state index contributed by atoms with van der Waals surface area (Å²) in [6, 6.07) is 16.1. The zero-order valence-corrected chi connectivity index (χ0v) is 15.0. The summed E-state index contributed by atoms with van der Waals surface area (Å²) in [5, 5.41) is 3.07. The summed E-state index contributed by atoms with van der Waals surface area (Å²) >= 11 is 0. The molecule has 0 atom stereocenters. The van der Waals surface area contributed by atoms with E-state index in [1.165, 1.54) is 5.56 Å². The Morgan fingerprint density at radius 3 is 2.46 bits per heavy atom. The van der Waals surface area contributed by atoms with Crippen LogP contribution in [0, 0.1) is 6.92 Å². The van der Waals surface area contributed by atoms with E-state index in [9.17, 15) is 4.79 Å². The fourth-order valence-electron chi connectivity index (χ4n) is 2.55. The summed E-state index contributed by atoms with van der Waals surface area (Å²) in [5.41, 5.74) is 5.03. The first kappa shape index (κ1) is 17.9. The van der Waals surface area contributed by atoms with Crippen LogP contribution in [0.5, 0.6) is 0 Å². The van der Waals surface area contributed by atoms with Gasteiger partial charge in [-0.3, -0.25) is 4.79 Å². The first-order valence-corrected chi connectivity index (χ1v) is 8.64. The number of nitrogens with one attached hydrogen (secondary N) is 1. The van der Waals surface area contributed by atoms with Crippen LogP contribution >= 0.6 is 0 Å². The minimum atomic E-state index is -0.240. The number of hydrogen-bond acceptors (Lipinski definition) is 5. The Bertz CT molecular complexity index is 852. The van der Waals surface area contributed by atoms with Crippen LogP contribution in [0.25, 0.3) is 22.7 Å². The summed E-state index contributed by atoms with van der Waals surface area (Å²) in [5.74, 6) is 0.371. The Morgan fingerprint density at radius 2 is 1.77 bits per heavy atom. The lowest BCUT2D eigenvalue weighted by molar-refractivity contribution is -0.142. The van der Waals surface area contributed by atoms with Crippen LogP contribution in [0.2, 0.25) is 0 Å². The number of aryl methyl sites for hydroxylation is 1. The number of ether oxygens (including phenoxy) is 1. The Hall–Kier alpha value is -2.92. The van der Waals surface area contributed by atoms with E-state index < -0.39 is 0 Å². The predicted molar refractivity (Wildman–Crippen MR) is 100 cm³/mol. The molecular formula is C21H22N2O3. The average molecular weight is 350 g/mol. The quantitative estimate of drug-likeness (QED) is 0.653. The van der Waals surface area contributed by atoms with Crippen molar-refractivity contribution in [1.29, 1.82) is 0 Å². The molecule has 3 aromatic rings. The molecule has 0 radical (unpaired) electrons. The zero-order valence-electron chi connectivity index (χ0n) is 15.0. The molecule has 134 valence electrons. The van der Waals surface area contributed by atoms with E-state index in [-0.39, 0.29) is 12.5 Å². The van der Waals surface area contributed by atoms with Gasteiger partial charge in [0.1, 0.15) is 12.0 Å². The van der Waals surface area contributed by atoms with Gasteiger partial charge in [0.2, 0.25) is 5.89 Å². The molecule has 0 saturated carbocycles. The SMILES string of the molecule is CCOC(=O)CNCc1ccc(-c2coc(-c3ccc(C)cc3)n2)cc1. The van der Waals surface area contributed by atoms with Gasteiger partial charge in [0.05, 0.1) is 13.2 Å². The zero-order chi connectivity index (χ0) is 18.4. The number of oxazole rings is 1. The molecule has 3 rings (SSSR count). The van der Waals surface area contributed by atoms with Gasteiger partial charge in [-0.15, -0.1) is 0 Å². The van der Waals surface area contributed by atoms with Crippen LogP contribution in [0.15, 0.2) is 59.2 Å². The fourth-order valence-corrected chi connectivity index (χ4v) is 2.55. The van der Waals surface area contributed by atoms with E-state index in [0.717, 1.165) is 22.4 Å². The number of benzene rings is 2. The molecule has 1 N–H and O–H groups in total. The molecule has 0 saturated heterocycles. The van der Waals surface area contributed by atoms with Crippen molar-refractivity contribution in [2.45, 2.75) is 20.4 Å². The summed E-state index contributed by atoms with van der Waals surface area (Å²) in [6.45, 7) is 5.06. The molecule has 0 aliphatic rings. The maximum atomic E-state index is 11.3. The second-order valence-corrected chi connectivity index (χ2v) is 6.01. The van der Waals surface area contributed by atoms with Crippen molar-refractivity contribution in [2.24, 2.45) is 0 Å². The average Bonchev–Trinajstić information content (AvgIpc) is 3.13. The molecule has 1 heterocycles. The smallest absolute Gasteiger partial charge is 0.319 e. The molecule has 0 unspecified atom stereocenters. The van der Waals surface area contributed by atoms with E-state index in [2.05, 4.69) is 10.3 Å². The number of hydrogen-bond donors (Lipinski definition) is 1. The number of rotatable bonds is 7. The van der Waals surface area contributed by atoms with Crippen molar-refractivity contribution in [2.75, 3.05) is 13.2 Å². The first-order valence-electron chi connectivity index (χ1n) is 8.64. The number of carbonyl (C=O) groups excluding carboxylic acids is 1. The highest BCUT2D eigenvalue weighted by Crippen LogP contribution is 2.25. The van der Waals surface area contributed by atoms with Gasteiger partial charge in [-0.25, -0.2) is 4.98 Å². The summed E-state index contributed by atoms with van der Waals surface area (Å²) < 4.78 is 10.5. The number of aromatic nitrogens is 1. The monoisotopic (exact) mass is 350 g/mol. The highest BCUT2D eigenvalue weighted by Gasteiger charge is 2.08. The van der Waals surface area contributed by atoms with E-state index in [1.807, 2.05) is 55.5 Å². The normalized spacial score (nSPS) is 10.7. The maximum absolute atomic E-state index is 11.3. The molecular weight excluding hydrogens is 328 g/mol. The first-order chi connectivity index (χ1) is 12.7. The van der Waals surface area contributed by atoms with Crippen molar-refractivity contribution in [1.82, 2.24) is 10.3 Å². The molecule has 1 aromatic heterocycles. The van der Waals surface area contributed by atoms with Gasteiger partial charge < -0.3 is 14.5 Å². The topological polar surface area (TPSA) is 64.4 Å². The minimum absolute atomic E-state index is 0.207. The van der Waals surface area contributed by atoms with Crippen molar-refractivity contribution < 1.29 is 13.9 Å². The van der Waals surface area contributed by atoms with Crippen LogP contribution in [-0.4, -0.2) is 24.1 Å². The molecule has 0 fully saturated rings. The molecule has 0 spiro atoms. The van der Waals surface area contributed by atoms with Crippen LogP contribution in [-0.2, 0) is 16.1 Å². The minimum Gasteiger partial charge on any atom is -0.465 e. The van der Waals surface area contributed by atoms with Gasteiger partial charge in [0, 0.05) is 17.7 Å². The van der Waals surface area contributed by atoms with Crippen molar-refractivity contribution in [3.63, 3.8) is 0 Å². The second kappa shape index (κ2) is 8.45. The number of esters is 1. The molecule has 5 heteroatoms. The van der Waals surface area contributed by atoms with Gasteiger partial charge >= 0.3 is 5.97 Å². The Balaban J connectivity index is 1.62. The highest BCUT2D eigenvalue weighted by atomic mass is 16.5. The third-order valence-corrected chi connectivity index (χ3v) is 3.96. The molecule has 26 heavy (non-hydrogen) atoms. The lowest BCUT2D eigenvalue weighted by Crippen LogP contribution is -2.24. The van der Waals surface area contributed by atoms with E-state index in [1.54, 1.807) is 13.2 Å². The van der Waals surface area contributed by atoms with Crippen LogP contribution in [0.1, 0.15) is 18.1 Å². The third kappa shape index (κ3) is 4.58. The molecule has 0 aliphatic heterocycles. The largest absolute Gasteiger partial charge is 0.465 e. The van der Waals surface area contributed by atoms with E-state index >= 15 is 0 Å². The number of carbonyl (C=O) groups is 1. The molecule has 0 aliphatic carbocycles. The molecule has 0 bridgehead atoms. The number of nitrogens with zero attached hydrogens (tertiary/aromatic N) is 1. The van der Waals surface area contributed by atoms with Crippen LogP contribution < -0.4 is 5.32 Å². The predicted octanol–water partition coefficient (Wildman–Crippen LogP) is 3.97. The molecule has 2 aromatic carbocycles. The van der Waals surface area contributed by atoms with E-state index in [0.29, 0.717) is 19.0 Å². The Labute approximate surface area is 153 Å². The van der Waals surface area contributed by atoms with Crippen molar-refractivity contribution in [3.05, 3.63) is 65.9 Å². The lowest BCUT2D eigenvalue weighted by Gasteiger charge is -2.05. The van der Waals surface area contributed by atoms with Crippen molar-refractivity contribution in [3.8, 4) is 22.7 Å². The van der Waals surface area contributed by atoms with Gasteiger partial charge in [-0.2, -0.15) is 0 Å². The van der Waals surface area contributed by atoms with Gasteiger partial charge in [-0.05, 0) is 31.5 Å². The Kier molecular flexibility index (Phi) is 5.81. The van der Waals surface area contributed by atoms with Crippen LogP contribution in [0.3, 0.4) is 0 Å². The van der Waals surface area contributed by atoms with Crippen LogP contribution in [0.4, 0.5) is 0 Å². The van der Waals surface area contributed by atoms with Gasteiger partial charge in [0.25, 0.3) is 0 Å². The summed E-state index contributed by atoms with van der Waals surface area (Å²) in [6.07, 6.45) is 1.67. The molecule has 0 amide bonds. The fraction of sp³-hybridized carbons (Fsp3) is 0.238. The highest BCUT2D eigenvalue weighted by molar-refractivity contribution is 5.71. The summed E-state index contributed by atoms with van der Waals surface area (Å²) in [4.78, 5) is 15.9.